The smallest absolute Gasteiger partial charge is 0.251 e. The first-order valence-corrected chi connectivity index (χ1v) is 6.40. The number of rotatable bonds is 4. The fourth-order valence-electron chi connectivity index (χ4n) is 2.29. The molecule has 2 N–H and O–H groups in total. The van der Waals surface area contributed by atoms with Crippen LogP contribution in [-0.2, 0) is 6.42 Å². The summed E-state index contributed by atoms with van der Waals surface area (Å²) in [5, 5.41) is 6.39. The van der Waals surface area contributed by atoms with Crippen LogP contribution in [0.25, 0.3) is 0 Å². The maximum atomic E-state index is 12.0. The minimum absolute atomic E-state index is 0.0520. The Morgan fingerprint density at radius 3 is 3.00 bits per heavy atom. The van der Waals surface area contributed by atoms with Gasteiger partial charge in [0.25, 0.3) is 5.91 Å². The van der Waals surface area contributed by atoms with Crippen LogP contribution < -0.4 is 10.6 Å². The number of hydrogen-bond donors (Lipinski definition) is 2. The fourth-order valence-corrected chi connectivity index (χ4v) is 2.29. The van der Waals surface area contributed by atoms with E-state index in [9.17, 15) is 4.79 Å². The van der Waals surface area contributed by atoms with Gasteiger partial charge in [0.1, 0.15) is 0 Å². The predicted molar refractivity (Wildman–Crippen MR) is 69.2 cm³/mol. The summed E-state index contributed by atoms with van der Waals surface area (Å²) in [6, 6.07) is 8.27. The van der Waals surface area contributed by atoms with E-state index in [4.69, 9.17) is 0 Å². The molecule has 1 atom stereocenters. The van der Waals surface area contributed by atoms with Crippen molar-refractivity contribution in [3.63, 3.8) is 0 Å². The van der Waals surface area contributed by atoms with Crippen molar-refractivity contribution in [1.82, 2.24) is 10.6 Å². The van der Waals surface area contributed by atoms with Gasteiger partial charge >= 0.3 is 0 Å². The van der Waals surface area contributed by atoms with E-state index in [0.29, 0.717) is 6.04 Å². The lowest BCUT2D eigenvalue weighted by Gasteiger charge is -2.13. The molecule has 0 saturated carbocycles. The maximum Gasteiger partial charge on any atom is 0.251 e. The summed E-state index contributed by atoms with van der Waals surface area (Å²) in [5.41, 5.74) is 1.93. The van der Waals surface area contributed by atoms with Crippen molar-refractivity contribution >= 4 is 5.91 Å². The van der Waals surface area contributed by atoms with Gasteiger partial charge < -0.3 is 10.6 Å². The number of hydrogen-bond acceptors (Lipinski definition) is 2. The van der Waals surface area contributed by atoms with Crippen LogP contribution in [0.2, 0.25) is 0 Å². The minimum atomic E-state index is 0.0520. The molecule has 1 heterocycles. The predicted octanol–water partition coefficient (Wildman–Crippen LogP) is 1.73. The van der Waals surface area contributed by atoms with Gasteiger partial charge in [0.05, 0.1) is 0 Å². The van der Waals surface area contributed by atoms with Crippen molar-refractivity contribution in [2.24, 2.45) is 0 Å². The Balaban J connectivity index is 1.94. The largest absolute Gasteiger partial charge is 0.350 e. The first-order chi connectivity index (χ1) is 8.31. The number of aryl methyl sites for hydroxylation is 1. The number of carbonyl (C=O) groups excluding carboxylic acids is 1. The van der Waals surface area contributed by atoms with Crippen molar-refractivity contribution in [2.75, 3.05) is 13.1 Å². The maximum absolute atomic E-state index is 12.0. The average molecular weight is 232 g/mol. The van der Waals surface area contributed by atoms with Crippen LogP contribution in [0.4, 0.5) is 0 Å². The Morgan fingerprint density at radius 1 is 1.47 bits per heavy atom. The number of amides is 1. The molecule has 0 aliphatic carbocycles. The molecule has 1 saturated heterocycles. The van der Waals surface area contributed by atoms with Crippen molar-refractivity contribution in [3.05, 3.63) is 35.4 Å². The standard InChI is InChI=1S/C14H20N2O/c1-2-11-6-3-4-8-13(11)14(17)16-10-12-7-5-9-15-12/h3-4,6,8,12,15H,2,5,7,9-10H2,1H3,(H,16,17). The van der Waals surface area contributed by atoms with E-state index >= 15 is 0 Å². The molecule has 1 fully saturated rings. The number of nitrogens with one attached hydrogen (secondary N) is 2. The molecule has 3 heteroatoms. The van der Waals surface area contributed by atoms with Gasteiger partial charge in [-0.05, 0) is 37.4 Å². The van der Waals surface area contributed by atoms with Crippen LogP contribution in [0.1, 0.15) is 35.7 Å². The molecule has 17 heavy (non-hydrogen) atoms. The molecule has 1 aromatic rings. The highest BCUT2D eigenvalue weighted by atomic mass is 16.1. The molecule has 2 rings (SSSR count). The van der Waals surface area contributed by atoms with E-state index in [1.165, 1.54) is 6.42 Å². The zero-order valence-electron chi connectivity index (χ0n) is 10.3. The first-order valence-electron chi connectivity index (χ1n) is 6.40. The summed E-state index contributed by atoms with van der Waals surface area (Å²) in [4.78, 5) is 12.0. The molecule has 1 aliphatic heterocycles. The second-order valence-corrected chi connectivity index (χ2v) is 4.51. The van der Waals surface area contributed by atoms with Crippen LogP contribution in [0.3, 0.4) is 0 Å². The second kappa shape index (κ2) is 5.82. The molecule has 0 radical (unpaired) electrons. The zero-order valence-corrected chi connectivity index (χ0v) is 10.3. The van der Waals surface area contributed by atoms with Crippen molar-refractivity contribution in [3.8, 4) is 0 Å². The Morgan fingerprint density at radius 2 is 2.29 bits per heavy atom. The molecule has 0 spiro atoms. The Labute approximate surface area is 103 Å². The summed E-state index contributed by atoms with van der Waals surface area (Å²) >= 11 is 0. The van der Waals surface area contributed by atoms with Crippen LogP contribution in [0, 0.1) is 0 Å². The molecular weight excluding hydrogens is 212 g/mol. The molecule has 0 aromatic heterocycles. The van der Waals surface area contributed by atoms with E-state index in [1.807, 2.05) is 24.3 Å². The average Bonchev–Trinajstić information content (AvgIpc) is 2.89. The van der Waals surface area contributed by atoms with E-state index in [-0.39, 0.29) is 5.91 Å². The second-order valence-electron chi connectivity index (χ2n) is 4.51. The van der Waals surface area contributed by atoms with Crippen molar-refractivity contribution in [2.45, 2.75) is 32.2 Å². The van der Waals surface area contributed by atoms with E-state index in [1.54, 1.807) is 0 Å². The Bertz CT molecular complexity index is 384. The van der Waals surface area contributed by atoms with Crippen molar-refractivity contribution < 1.29 is 4.79 Å². The molecule has 92 valence electrons. The van der Waals surface area contributed by atoms with Gasteiger partial charge in [-0.15, -0.1) is 0 Å². The van der Waals surface area contributed by atoms with E-state index in [2.05, 4.69) is 17.6 Å². The summed E-state index contributed by atoms with van der Waals surface area (Å²) in [6.07, 6.45) is 3.27. The SMILES string of the molecule is CCc1ccccc1C(=O)NCC1CCCN1. The van der Waals surface area contributed by atoms with E-state index in [0.717, 1.165) is 37.1 Å². The van der Waals surface area contributed by atoms with Gasteiger partial charge in [0.15, 0.2) is 0 Å². The highest BCUT2D eigenvalue weighted by Gasteiger charge is 2.16. The Kier molecular flexibility index (Phi) is 4.15. The molecule has 1 aliphatic rings. The summed E-state index contributed by atoms with van der Waals surface area (Å²) in [7, 11) is 0. The third kappa shape index (κ3) is 3.07. The topological polar surface area (TPSA) is 41.1 Å². The Hall–Kier alpha value is -1.35. The lowest BCUT2D eigenvalue weighted by atomic mass is 10.0. The molecular formula is C14H20N2O. The van der Waals surface area contributed by atoms with Gasteiger partial charge in [-0.1, -0.05) is 25.1 Å². The van der Waals surface area contributed by atoms with Gasteiger partial charge in [0.2, 0.25) is 0 Å². The quantitative estimate of drug-likeness (QED) is 0.830. The van der Waals surface area contributed by atoms with Crippen LogP contribution in [-0.4, -0.2) is 25.0 Å². The van der Waals surface area contributed by atoms with Gasteiger partial charge in [0, 0.05) is 18.2 Å². The highest BCUT2D eigenvalue weighted by molar-refractivity contribution is 5.95. The first kappa shape index (κ1) is 12.1. The van der Waals surface area contributed by atoms with Gasteiger partial charge in [-0.3, -0.25) is 4.79 Å². The molecule has 1 unspecified atom stereocenters. The summed E-state index contributed by atoms with van der Waals surface area (Å²) in [6.45, 7) is 3.88. The molecule has 3 nitrogen and oxygen atoms in total. The van der Waals surface area contributed by atoms with Gasteiger partial charge in [-0.2, -0.15) is 0 Å². The van der Waals surface area contributed by atoms with Crippen LogP contribution in [0.15, 0.2) is 24.3 Å². The molecule has 1 aromatic carbocycles. The lowest BCUT2D eigenvalue weighted by Crippen LogP contribution is -2.37. The summed E-state index contributed by atoms with van der Waals surface area (Å²) < 4.78 is 0. The van der Waals surface area contributed by atoms with E-state index < -0.39 is 0 Å². The normalized spacial score (nSPS) is 19.2. The highest BCUT2D eigenvalue weighted by Crippen LogP contribution is 2.09. The third-order valence-electron chi connectivity index (χ3n) is 3.31. The fraction of sp³-hybridized carbons (Fsp3) is 0.500. The van der Waals surface area contributed by atoms with Gasteiger partial charge in [-0.25, -0.2) is 0 Å². The zero-order chi connectivity index (χ0) is 12.1. The minimum Gasteiger partial charge on any atom is -0.350 e. The molecule has 1 amide bonds. The number of benzene rings is 1. The third-order valence-corrected chi connectivity index (χ3v) is 3.31. The monoisotopic (exact) mass is 232 g/mol. The van der Waals surface area contributed by atoms with Crippen molar-refractivity contribution in [1.29, 1.82) is 0 Å². The van der Waals surface area contributed by atoms with Crippen LogP contribution in [0.5, 0.6) is 0 Å². The lowest BCUT2D eigenvalue weighted by molar-refractivity contribution is 0.0949. The molecule has 0 bridgehead atoms. The number of carbonyl (C=O) groups is 1. The van der Waals surface area contributed by atoms with Crippen LogP contribution >= 0.6 is 0 Å². The summed E-state index contributed by atoms with van der Waals surface area (Å²) in [5.74, 6) is 0.0520.